The predicted molar refractivity (Wildman–Crippen MR) is 129 cm³/mol. The molecule has 1 aliphatic rings. The van der Waals surface area contributed by atoms with Crippen molar-refractivity contribution >= 4 is 22.8 Å². The number of benzene rings is 1. The van der Waals surface area contributed by atoms with Crippen LogP contribution in [0.4, 0.5) is 0 Å². The molecule has 0 atom stereocenters. The van der Waals surface area contributed by atoms with Gasteiger partial charge in [0.1, 0.15) is 0 Å². The van der Waals surface area contributed by atoms with E-state index in [4.69, 9.17) is 0 Å². The molecule has 0 unspecified atom stereocenters. The second-order valence-electron chi connectivity index (χ2n) is 8.96. The van der Waals surface area contributed by atoms with Crippen LogP contribution in [-0.2, 0) is 13.1 Å². The monoisotopic (exact) mass is 463 g/mol. The van der Waals surface area contributed by atoms with Gasteiger partial charge in [-0.25, -0.2) is 9.78 Å². The van der Waals surface area contributed by atoms with E-state index in [1.54, 1.807) is 49.2 Å². The maximum atomic E-state index is 13.2. The average Bonchev–Trinajstić information content (AvgIpc) is 3.67. The molecule has 2 aromatic heterocycles. The van der Waals surface area contributed by atoms with Crippen molar-refractivity contribution in [1.29, 1.82) is 0 Å². The number of aryl methyl sites for hydroxylation is 1. The topological polar surface area (TPSA) is 117 Å². The Morgan fingerprint density at radius 3 is 2.47 bits per heavy atom. The molecule has 34 heavy (non-hydrogen) atoms. The second kappa shape index (κ2) is 9.24. The number of aromatic nitrogens is 3. The fourth-order valence-corrected chi connectivity index (χ4v) is 3.83. The zero-order chi connectivity index (χ0) is 24.6. The van der Waals surface area contributed by atoms with Gasteiger partial charge in [-0.3, -0.25) is 23.9 Å². The Labute approximate surface area is 196 Å². The molecule has 9 heteroatoms. The Bertz CT molecular complexity index is 1370. The third kappa shape index (κ3) is 4.50. The minimum Gasteiger partial charge on any atom is -0.348 e. The van der Waals surface area contributed by atoms with E-state index in [2.05, 4.69) is 15.3 Å². The van der Waals surface area contributed by atoms with Crippen molar-refractivity contribution in [3.63, 3.8) is 0 Å². The first-order chi connectivity index (χ1) is 16.2. The van der Waals surface area contributed by atoms with Crippen LogP contribution in [0.5, 0.6) is 0 Å². The summed E-state index contributed by atoms with van der Waals surface area (Å²) in [5.41, 5.74) is 1.40. The molecule has 0 spiro atoms. The highest BCUT2D eigenvalue weighted by atomic mass is 16.2. The van der Waals surface area contributed by atoms with Gasteiger partial charge in [-0.2, -0.15) is 0 Å². The number of pyridine rings is 1. The lowest BCUT2D eigenvalue weighted by molar-refractivity contribution is 0.0754. The zero-order valence-corrected chi connectivity index (χ0v) is 19.8. The summed E-state index contributed by atoms with van der Waals surface area (Å²) >= 11 is 0. The van der Waals surface area contributed by atoms with Crippen molar-refractivity contribution < 1.29 is 9.59 Å². The molecule has 2 heterocycles. The molecular formula is C25H29N5O4. The molecular weight excluding hydrogens is 434 g/mol. The summed E-state index contributed by atoms with van der Waals surface area (Å²) in [6.07, 6.45) is 1.94. The maximum absolute atomic E-state index is 13.2. The van der Waals surface area contributed by atoms with Gasteiger partial charge in [-0.1, -0.05) is 12.1 Å². The summed E-state index contributed by atoms with van der Waals surface area (Å²) in [4.78, 5) is 59.1. The predicted octanol–water partition coefficient (Wildman–Crippen LogP) is 2.39. The standard InChI is InChI=1S/C25H29N5O4/c1-5-30-21-20(23(32)28-25(30)34)18(12-19(27-21)16-10-11-16)22(31)26-13-15-6-8-17(9-7-15)24(33)29(4)14(2)3/h6-9,12,14,16H,5,10-11,13H2,1-4H3,(H,26,31)(H,28,32,34). The number of nitrogens with one attached hydrogen (secondary N) is 2. The highest BCUT2D eigenvalue weighted by Crippen LogP contribution is 2.39. The molecule has 1 aromatic carbocycles. The van der Waals surface area contributed by atoms with Gasteiger partial charge in [0.2, 0.25) is 0 Å². The Hall–Kier alpha value is -3.75. The fraction of sp³-hybridized carbons (Fsp3) is 0.400. The minimum absolute atomic E-state index is 0.0670. The summed E-state index contributed by atoms with van der Waals surface area (Å²) in [6.45, 7) is 6.23. The molecule has 4 rings (SSSR count). The van der Waals surface area contributed by atoms with Gasteiger partial charge in [0.05, 0.1) is 10.9 Å². The number of aromatic amines is 1. The molecule has 2 amide bonds. The van der Waals surface area contributed by atoms with Gasteiger partial charge >= 0.3 is 5.69 Å². The first-order valence-electron chi connectivity index (χ1n) is 11.5. The number of amides is 2. The van der Waals surface area contributed by atoms with E-state index in [-0.39, 0.29) is 41.0 Å². The van der Waals surface area contributed by atoms with E-state index in [1.807, 2.05) is 13.8 Å². The van der Waals surface area contributed by atoms with Crippen LogP contribution in [0.3, 0.4) is 0 Å². The van der Waals surface area contributed by atoms with Crippen molar-refractivity contribution in [3.8, 4) is 0 Å². The van der Waals surface area contributed by atoms with Crippen LogP contribution in [-0.4, -0.2) is 44.3 Å². The lowest BCUT2D eigenvalue weighted by Crippen LogP contribution is -2.33. The zero-order valence-electron chi connectivity index (χ0n) is 19.8. The highest BCUT2D eigenvalue weighted by molar-refractivity contribution is 6.05. The van der Waals surface area contributed by atoms with Crippen LogP contribution in [0.2, 0.25) is 0 Å². The summed E-state index contributed by atoms with van der Waals surface area (Å²) < 4.78 is 1.38. The number of rotatable bonds is 7. The lowest BCUT2D eigenvalue weighted by atomic mass is 10.1. The second-order valence-corrected chi connectivity index (χ2v) is 8.96. The largest absolute Gasteiger partial charge is 0.348 e. The van der Waals surface area contributed by atoms with Gasteiger partial charge in [-0.05, 0) is 57.4 Å². The van der Waals surface area contributed by atoms with Gasteiger partial charge in [-0.15, -0.1) is 0 Å². The van der Waals surface area contributed by atoms with Crippen LogP contribution >= 0.6 is 0 Å². The minimum atomic E-state index is -0.623. The van der Waals surface area contributed by atoms with Crippen molar-refractivity contribution in [2.24, 2.45) is 0 Å². The summed E-state index contributed by atoms with van der Waals surface area (Å²) in [6, 6.07) is 8.82. The number of carbonyl (C=O) groups is 2. The third-order valence-electron chi connectivity index (χ3n) is 6.27. The van der Waals surface area contributed by atoms with E-state index >= 15 is 0 Å². The molecule has 1 fully saturated rings. The first-order valence-corrected chi connectivity index (χ1v) is 11.5. The molecule has 1 aliphatic carbocycles. The van der Waals surface area contributed by atoms with Crippen molar-refractivity contribution in [1.82, 2.24) is 24.8 Å². The first kappa shape index (κ1) is 23.4. The Morgan fingerprint density at radius 2 is 1.88 bits per heavy atom. The Morgan fingerprint density at radius 1 is 1.21 bits per heavy atom. The van der Waals surface area contributed by atoms with Crippen molar-refractivity contribution in [2.75, 3.05) is 7.05 Å². The number of hydrogen-bond acceptors (Lipinski definition) is 5. The molecule has 3 aromatic rings. The van der Waals surface area contributed by atoms with Crippen molar-refractivity contribution in [2.45, 2.75) is 58.7 Å². The molecule has 9 nitrogen and oxygen atoms in total. The maximum Gasteiger partial charge on any atom is 0.329 e. The van der Waals surface area contributed by atoms with Gasteiger partial charge in [0, 0.05) is 43.4 Å². The summed E-state index contributed by atoms with van der Waals surface area (Å²) in [5, 5.41) is 2.97. The van der Waals surface area contributed by atoms with Crippen LogP contribution < -0.4 is 16.6 Å². The number of carbonyl (C=O) groups excluding carboxylic acids is 2. The quantitative estimate of drug-likeness (QED) is 0.558. The molecule has 178 valence electrons. The van der Waals surface area contributed by atoms with Crippen LogP contribution in [0, 0.1) is 0 Å². The van der Waals surface area contributed by atoms with E-state index in [9.17, 15) is 19.2 Å². The SMILES string of the molecule is CCn1c(=O)[nH]c(=O)c2c(C(=O)NCc3ccc(C(=O)N(C)C(C)C)cc3)cc(C3CC3)nc21. The number of H-pyrrole nitrogens is 1. The molecule has 0 saturated heterocycles. The van der Waals surface area contributed by atoms with E-state index in [0.717, 1.165) is 24.1 Å². The molecule has 2 N–H and O–H groups in total. The fourth-order valence-electron chi connectivity index (χ4n) is 3.83. The van der Waals surface area contributed by atoms with E-state index in [1.165, 1.54) is 4.57 Å². The lowest BCUT2D eigenvalue weighted by Gasteiger charge is -2.21. The summed E-state index contributed by atoms with van der Waals surface area (Å²) in [5.74, 6) is -0.242. The average molecular weight is 464 g/mol. The van der Waals surface area contributed by atoms with Gasteiger partial charge in [0.25, 0.3) is 17.4 Å². The van der Waals surface area contributed by atoms with E-state index < -0.39 is 17.2 Å². The van der Waals surface area contributed by atoms with Crippen LogP contribution in [0.15, 0.2) is 39.9 Å². The smallest absolute Gasteiger partial charge is 0.329 e. The van der Waals surface area contributed by atoms with Crippen LogP contribution in [0.1, 0.15) is 71.5 Å². The normalized spacial score (nSPS) is 13.3. The van der Waals surface area contributed by atoms with E-state index in [0.29, 0.717) is 12.1 Å². The molecule has 0 aliphatic heterocycles. The van der Waals surface area contributed by atoms with Crippen molar-refractivity contribution in [3.05, 3.63) is 73.6 Å². The molecule has 1 saturated carbocycles. The third-order valence-corrected chi connectivity index (χ3v) is 6.27. The van der Waals surface area contributed by atoms with Gasteiger partial charge in [0.15, 0.2) is 5.65 Å². The number of hydrogen-bond donors (Lipinski definition) is 2. The molecule has 0 bridgehead atoms. The molecule has 0 radical (unpaired) electrons. The number of fused-ring (bicyclic) bond motifs is 1. The van der Waals surface area contributed by atoms with Gasteiger partial charge < -0.3 is 10.2 Å². The Kier molecular flexibility index (Phi) is 6.37. The Balaban J connectivity index is 1.61. The summed E-state index contributed by atoms with van der Waals surface area (Å²) in [7, 11) is 1.76. The highest BCUT2D eigenvalue weighted by Gasteiger charge is 2.28. The van der Waals surface area contributed by atoms with Crippen LogP contribution in [0.25, 0.3) is 11.0 Å². The number of nitrogens with zero attached hydrogens (tertiary/aromatic N) is 3.